The predicted molar refractivity (Wildman–Crippen MR) is 259 cm³/mol. The molecule has 0 fully saturated rings. The number of hydrogen-bond donors (Lipinski definition) is 0. The molecular weight excluding hydrogens is 769 g/mol. The summed E-state index contributed by atoms with van der Waals surface area (Å²) >= 11 is 1.85. The third-order valence-electron chi connectivity index (χ3n) is 12.6. The molecule has 0 saturated heterocycles. The number of hydrogen-bond acceptors (Lipinski definition) is 3. The zero-order chi connectivity index (χ0) is 41.0. The van der Waals surface area contributed by atoms with Crippen LogP contribution in [0.3, 0.4) is 0 Å². The minimum absolute atomic E-state index is 0.509. The van der Waals surface area contributed by atoms with Crippen LogP contribution in [0.4, 0.5) is 0 Å². The van der Waals surface area contributed by atoms with Gasteiger partial charge in [0.15, 0.2) is 5.82 Å². The van der Waals surface area contributed by atoms with E-state index < -0.39 is 5.41 Å². The summed E-state index contributed by atoms with van der Waals surface area (Å²) in [7, 11) is 0. The largest absolute Gasteiger partial charge is 0.228 e. The average Bonchev–Trinajstić information content (AvgIpc) is 3.88. The van der Waals surface area contributed by atoms with Gasteiger partial charge in [0, 0.05) is 36.9 Å². The van der Waals surface area contributed by atoms with Crippen molar-refractivity contribution in [3.05, 3.63) is 253 Å². The SMILES string of the molecule is c1ccc(-c2ccc(-c3nc(-c4ccc(-c5ccc6c(c5)sc5ccccc56)cc4)cc(-c4ccc5c(c4)C(c4ccccc4)(c4ccccc4)c4ccccc4-5)n3)cc2)cc1. The number of nitrogens with zero attached hydrogens (tertiary/aromatic N) is 2. The molecule has 12 rings (SSSR count). The zero-order valence-corrected chi connectivity index (χ0v) is 34.6. The van der Waals surface area contributed by atoms with Crippen molar-refractivity contribution in [1.29, 1.82) is 0 Å². The number of fused-ring (bicyclic) bond motifs is 6. The van der Waals surface area contributed by atoms with E-state index >= 15 is 0 Å². The van der Waals surface area contributed by atoms with Gasteiger partial charge in [0.2, 0.25) is 0 Å². The van der Waals surface area contributed by atoms with E-state index in [0.29, 0.717) is 5.82 Å². The van der Waals surface area contributed by atoms with Crippen LogP contribution in [0.25, 0.3) is 87.5 Å². The van der Waals surface area contributed by atoms with Crippen molar-refractivity contribution in [1.82, 2.24) is 9.97 Å². The van der Waals surface area contributed by atoms with E-state index in [-0.39, 0.29) is 0 Å². The number of benzene rings is 9. The number of aromatic nitrogens is 2. The summed E-state index contributed by atoms with van der Waals surface area (Å²) in [6.07, 6.45) is 0. The van der Waals surface area contributed by atoms with E-state index in [1.54, 1.807) is 0 Å². The minimum Gasteiger partial charge on any atom is -0.228 e. The second-order valence-electron chi connectivity index (χ2n) is 16.1. The Morgan fingerprint density at radius 1 is 0.306 bits per heavy atom. The molecule has 11 aromatic rings. The first-order chi connectivity index (χ1) is 30.7. The van der Waals surface area contributed by atoms with Gasteiger partial charge in [-0.25, -0.2) is 9.97 Å². The molecule has 62 heavy (non-hydrogen) atoms. The van der Waals surface area contributed by atoms with Crippen molar-refractivity contribution in [2.45, 2.75) is 5.41 Å². The Hall–Kier alpha value is -7.72. The number of rotatable bonds is 7. The fourth-order valence-corrected chi connectivity index (χ4v) is 10.8. The lowest BCUT2D eigenvalue weighted by atomic mass is 9.67. The van der Waals surface area contributed by atoms with E-state index in [4.69, 9.17) is 9.97 Å². The summed E-state index contributed by atoms with van der Waals surface area (Å²) < 4.78 is 2.62. The topological polar surface area (TPSA) is 25.8 Å². The lowest BCUT2D eigenvalue weighted by molar-refractivity contribution is 0.768. The molecule has 0 amide bonds. The van der Waals surface area contributed by atoms with Gasteiger partial charge in [-0.3, -0.25) is 0 Å². The molecule has 0 spiro atoms. The first-order valence-electron chi connectivity index (χ1n) is 21.1. The fourth-order valence-electron chi connectivity index (χ4n) is 9.66. The summed E-state index contributed by atoms with van der Waals surface area (Å²) in [4.78, 5) is 10.7. The molecule has 2 nitrogen and oxygen atoms in total. The van der Waals surface area contributed by atoms with Crippen LogP contribution in [0.5, 0.6) is 0 Å². The molecular formula is C59H38N2S. The summed E-state index contributed by atoms with van der Waals surface area (Å²) in [5.74, 6) is 0.692. The van der Waals surface area contributed by atoms with Gasteiger partial charge in [0.25, 0.3) is 0 Å². The smallest absolute Gasteiger partial charge is 0.160 e. The van der Waals surface area contributed by atoms with Crippen molar-refractivity contribution in [3.63, 3.8) is 0 Å². The monoisotopic (exact) mass is 806 g/mol. The Bertz CT molecular complexity index is 3390. The summed E-state index contributed by atoms with van der Waals surface area (Å²) in [6.45, 7) is 0. The second kappa shape index (κ2) is 14.8. The Balaban J connectivity index is 1.01. The fraction of sp³-hybridized carbons (Fsp3) is 0.0169. The molecule has 0 radical (unpaired) electrons. The van der Waals surface area contributed by atoms with E-state index in [1.165, 1.54) is 70.2 Å². The molecule has 9 aromatic carbocycles. The molecule has 1 aliphatic rings. The third kappa shape index (κ3) is 5.93. The molecule has 0 bridgehead atoms. The highest BCUT2D eigenvalue weighted by atomic mass is 32.1. The van der Waals surface area contributed by atoms with Gasteiger partial charge in [-0.1, -0.05) is 206 Å². The van der Waals surface area contributed by atoms with Crippen molar-refractivity contribution < 1.29 is 0 Å². The van der Waals surface area contributed by atoms with Crippen LogP contribution in [-0.4, -0.2) is 9.97 Å². The maximum atomic E-state index is 5.37. The van der Waals surface area contributed by atoms with Gasteiger partial charge in [-0.15, -0.1) is 11.3 Å². The van der Waals surface area contributed by atoms with Crippen LogP contribution in [0.1, 0.15) is 22.3 Å². The van der Waals surface area contributed by atoms with Crippen LogP contribution in [0.15, 0.2) is 231 Å². The van der Waals surface area contributed by atoms with Crippen molar-refractivity contribution in [3.8, 4) is 67.3 Å². The molecule has 290 valence electrons. The Labute approximate surface area is 365 Å². The van der Waals surface area contributed by atoms with Crippen LogP contribution in [0.2, 0.25) is 0 Å². The van der Waals surface area contributed by atoms with E-state index in [9.17, 15) is 0 Å². The van der Waals surface area contributed by atoms with E-state index in [1.807, 2.05) is 11.3 Å². The standard InChI is InChI=1S/C59H38N2S/c1-4-14-39(15-5-1)40-26-30-43(31-27-40)58-60-54(42-28-24-41(25-29-42)44-32-35-51-50-21-11-13-23-56(50)62-57(51)37-44)38-55(61-58)45-33-34-49-48-20-10-12-22-52(48)59(53(49)36-45,46-16-6-2-7-17-46)47-18-8-3-9-19-47/h1-38H. The molecule has 0 unspecified atom stereocenters. The van der Waals surface area contributed by atoms with Crippen molar-refractivity contribution >= 4 is 31.5 Å². The molecule has 0 N–H and O–H groups in total. The maximum absolute atomic E-state index is 5.37. The molecule has 2 heterocycles. The van der Waals surface area contributed by atoms with Crippen LogP contribution >= 0.6 is 11.3 Å². The maximum Gasteiger partial charge on any atom is 0.160 e. The molecule has 0 atom stereocenters. The summed E-state index contributed by atoms with van der Waals surface area (Å²) in [6, 6.07) is 83.4. The van der Waals surface area contributed by atoms with E-state index in [2.05, 4.69) is 231 Å². The normalized spacial score (nSPS) is 12.6. The molecule has 0 saturated carbocycles. The van der Waals surface area contributed by atoms with Crippen LogP contribution in [0, 0.1) is 0 Å². The molecule has 2 aromatic heterocycles. The highest BCUT2D eigenvalue weighted by Crippen LogP contribution is 2.56. The van der Waals surface area contributed by atoms with E-state index in [0.717, 1.165) is 33.6 Å². The van der Waals surface area contributed by atoms with Gasteiger partial charge < -0.3 is 0 Å². The predicted octanol–water partition coefficient (Wildman–Crippen LogP) is 15.5. The van der Waals surface area contributed by atoms with Crippen LogP contribution < -0.4 is 0 Å². The minimum atomic E-state index is -0.509. The summed E-state index contributed by atoms with van der Waals surface area (Å²) in [5.41, 5.74) is 16.6. The number of thiophene rings is 1. The average molecular weight is 807 g/mol. The Morgan fingerprint density at radius 3 is 1.53 bits per heavy atom. The second-order valence-corrected chi connectivity index (χ2v) is 17.2. The first-order valence-corrected chi connectivity index (χ1v) is 22.0. The quantitative estimate of drug-likeness (QED) is 0.160. The van der Waals surface area contributed by atoms with Gasteiger partial charge in [-0.05, 0) is 79.9 Å². The van der Waals surface area contributed by atoms with Gasteiger partial charge in [0.1, 0.15) is 0 Å². The van der Waals surface area contributed by atoms with Crippen molar-refractivity contribution in [2.75, 3.05) is 0 Å². The summed E-state index contributed by atoms with van der Waals surface area (Å²) in [5, 5.41) is 2.63. The van der Waals surface area contributed by atoms with Gasteiger partial charge in [0.05, 0.1) is 16.8 Å². The highest BCUT2D eigenvalue weighted by Gasteiger charge is 2.46. The lowest BCUT2D eigenvalue weighted by Crippen LogP contribution is -2.28. The van der Waals surface area contributed by atoms with Gasteiger partial charge in [-0.2, -0.15) is 0 Å². The zero-order valence-electron chi connectivity index (χ0n) is 33.7. The first kappa shape index (κ1) is 36.2. The highest BCUT2D eigenvalue weighted by molar-refractivity contribution is 7.25. The third-order valence-corrected chi connectivity index (χ3v) is 13.8. The Kier molecular flexibility index (Phi) is 8.62. The lowest BCUT2D eigenvalue weighted by Gasteiger charge is -2.34. The van der Waals surface area contributed by atoms with Crippen LogP contribution in [-0.2, 0) is 5.41 Å². The molecule has 3 heteroatoms. The molecule has 1 aliphatic carbocycles. The van der Waals surface area contributed by atoms with Crippen molar-refractivity contribution in [2.24, 2.45) is 0 Å². The van der Waals surface area contributed by atoms with Gasteiger partial charge >= 0.3 is 0 Å². The molecule has 0 aliphatic heterocycles. The Morgan fingerprint density at radius 2 is 0.806 bits per heavy atom.